The van der Waals surface area contributed by atoms with Gasteiger partial charge in [0.05, 0.1) is 5.02 Å². The summed E-state index contributed by atoms with van der Waals surface area (Å²) in [6.07, 6.45) is 0. The molecule has 0 aliphatic rings. The average molecular weight is 296 g/mol. The number of hydrogen-bond acceptors (Lipinski definition) is 2. The Hall–Kier alpha value is -1.81. The van der Waals surface area contributed by atoms with E-state index in [1.54, 1.807) is 0 Å². The second-order valence-electron chi connectivity index (χ2n) is 4.63. The van der Waals surface area contributed by atoms with E-state index in [4.69, 9.17) is 16.3 Å². The van der Waals surface area contributed by atoms with Gasteiger partial charge in [-0.15, -0.1) is 0 Å². The molecule has 0 saturated heterocycles. The molecule has 0 atom stereocenters. The van der Waals surface area contributed by atoms with Crippen molar-refractivity contribution in [2.45, 2.75) is 13.8 Å². The monoisotopic (exact) mass is 295 g/mol. The highest BCUT2D eigenvalue weighted by atomic mass is 35.5. The maximum atomic E-state index is 12.9. The van der Waals surface area contributed by atoms with Crippen molar-refractivity contribution in [3.05, 3.63) is 52.1 Å². The maximum absolute atomic E-state index is 12.9. The number of aryl methyl sites for hydroxylation is 1. The quantitative estimate of drug-likeness (QED) is 0.806. The second-order valence-corrected chi connectivity index (χ2v) is 5.04. The maximum Gasteiger partial charge on any atom is 0.202 e. The topological polar surface area (TPSA) is 31.2 Å². The predicted molar refractivity (Wildman–Crippen MR) is 76.1 cm³/mol. The average Bonchev–Trinajstić information content (AvgIpc) is 2.65. The highest BCUT2D eigenvalue weighted by Crippen LogP contribution is 2.25. The van der Waals surface area contributed by atoms with Crippen molar-refractivity contribution >= 4 is 17.4 Å². The van der Waals surface area contributed by atoms with Gasteiger partial charge in [0.25, 0.3) is 0 Å². The molecule has 2 aromatic rings. The molecule has 3 nitrogen and oxygen atoms in total. The van der Waals surface area contributed by atoms with Gasteiger partial charge in [-0.05, 0) is 38.1 Å². The Bertz CT molecular complexity index is 664. The summed E-state index contributed by atoms with van der Waals surface area (Å²) >= 11 is 5.84. The third-order valence-corrected chi connectivity index (χ3v) is 3.62. The number of aromatic nitrogens is 1. The Balaban J connectivity index is 2.10. The molecule has 0 N–H and O–H groups in total. The lowest BCUT2D eigenvalue weighted by atomic mass is 10.1. The van der Waals surface area contributed by atoms with Crippen molar-refractivity contribution in [3.8, 4) is 5.75 Å². The fraction of sp³-hybridized carbons (Fsp3) is 0.267. The molecule has 20 heavy (non-hydrogen) atoms. The summed E-state index contributed by atoms with van der Waals surface area (Å²) in [5, 5.41) is 0.152. The van der Waals surface area contributed by atoms with Crippen LogP contribution in [0.4, 0.5) is 4.39 Å². The zero-order chi connectivity index (χ0) is 14.9. The molecule has 0 amide bonds. The Kier molecular flexibility index (Phi) is 4.14. The number of ether oxygens (including phenoxy) is 1. The van der Waals surface area contributed by atoms with Gasteiger partial charge in [0.2, 0.25) is 5.78 Å². The molecule has 0 aliphatic carbocycles. The molecule has 0 radical (unpaired) electrons. The number of ketones is 1. The van der Waals surface area contributed by atoms with Crippen molar-refractivity contribution in [1.29, 1.82) is 0 Å². The fourth-order valence-corrected chi connectivity index (χ4v) is 2.17. The van der Waals surface area contributed by atoms with Gasteiger partial charge in [-0.3, -0.25) is 4.79 Å². The van der Waals surface area contributed by atoms with Crippen LogP contribution in [0.5, 0.6) is 5.75 Å². The van der Waals surface area contributed by atoms with E-state index in [1.807, 2.05) is 31.5 Å². The minimum absolute atomic E-state index is 0.129. The first-order valence-electron chi connectivity index (χ1n) is 6.14. The van der Waals surface area contributed by atoms with Gasteiger partial charge >= 0.3 is 0 Å². The predicted octanol–water partition coefficient (Wildman–Crippen LogP) is 3.70. The van der Waals surface area contributed by atoms with Gasteiger partial charge in [0, 0.05) is 24.0 Å². The van der Waals surface area contributed by atoms with E-state index in [0.29, 0.717) is 11.3 Å². The van der Waals surface area contributed by atoms with Crippen molar-refractivity contribution < 1.29 is 13.9 Å². The number of Topliss-reactive ketones (excluding diaryl/α,β-unsaturated/α-hetero) is 1. The number of nitrogens with zero attached hydrogens (tertiary/aromatic N) is 1. The van der Waals surface area contributed by atoms with Crippen LogP contribution in [0.15, 0.2) is 24.3 Å². The molecule has 1 aromatic carbocycles. The van der Waals surface area contributed by atoms with Gasteiger partial charge in [-0.25, -0.2) is 4.39 Å². The summed E-state index contributed by atoms with van der Waals surface area (Å²) in [6.45, 7) is 3.68. The molecule has 5 heteroatoms. The number of hydrogen-bond donors (Lipinski definition) is 0. The summed E-state index contributed by atoms with van der Waals surface area (Å²) in [5.41, 5.74) is 2.52. The van der Waals surface area contributed by atoms with Gasteiger partial charge in [0.1, 0.15) is 11.6 Å². The van der Waals surface area contributed by atoms with Crippen LogP contribution in [0.3, 0.4) is 0 Å². The molecule has 0 unspecified atom stereocenters. The molecule has 0 bridgehead atoms. The minimum Gasteiger partial charge on any atom is -0.484 e. The van der Waals surface area contributed by atoms with Crippen molar-refractivity contribution in [2.24, 2.45) is 7.05 Å². The molecule has 0 fully saturated rings. The second kappa shape index (κ2) is 5.67. The summed E-state index contributed by atoms with van der Waals surface area (Å²) in [7, 11) is 1.90. The number of carbonyl (C=O) groups excluding carboxylic acids is 1. The molecule has 1 aromatic heterocycles. The van der Waals surface area contributed by atoms with Gasteiger partial charge in [-0.2, -0.15) is 0 Å². The van der Waals surface area contributed by atoms with Crippen LogP contribution in [0.25, 0.3) is 0 Å². The fourth-order valence-electron chi connectivity index (χ4n) is 1.95. The first kappa shape index (κ1) is 14.6. The van der Waals surface area contributed by atoms with Crippen LogP contribution in [0, 0.1) is 19.7 Å². The summed E-state index contributed by atoms with van der Waals surface area (Å²) < 4.78 is 20.2. The molecule has 0 spiro atoms. The zero-order valence-electron chi connectivity index (χ0n) is 11.5. The summed E-state index contributed by atoms with van der Waals surface area (Å²) in [4.78, 5) is 12.1. The summed E-state index contributed by atoms with van der Waals surface area (Å²) in [6, 6.07) is 5.63. The lowest BCUT2D eigenvalue weighted by molar-refractivity contribution is 0.0921. The number of rotatable bonds is 4. The smallest absolute Gasteiger partial charge is 0.202 e. The molecule has 2 rings (SSSR count). The molecule has 0 aliphatic heterocycles. The lowest BCUT2D eigenvalue weighted by Crippen LogP contribution is -2.12. The van der Waals surface area contributed by atoms with Crippen molar-refractivity contribution in [1.82, 2.24) is 4.57 Å². The lowest BCUT2D eigenvalue weighted by Gasteiger charge is -2.07. The van der Waals surface area contributed by atoms with Crippen LogP contribution in [0.2, 0.25) is 5.02 Å². The van der Waals surface area contributed by atoms with E-state index < -0.39 is 5.82 Å². The Morgan fingerprint density at radius 3 is 2.60 bits per heavy atom. The normalized spacial score (nSPS) is 10.7. The Labute approximate surface area is 121 Å². The van der Waals surface area contributed by atoms with Gasteiger partial charge < -0.3 is 9.30 Å². The third-order valence-electron chi connectivity index (χ3n) is 3.33. The third kappa shape index (κ3) is 2.85. The van der Waals surface area contributed by atoms with Crippen molar-refractivity contribution in [3.63, 3.8) is 0 Å². The van der Waals surface area contributed by atoms with E-state index in [0.717, 1.165) is 17.5 Å². The SMILES string of the molecule is Cc1cc(C(=O)COc2ccc(F)cc2Cl)c(C)n1C. The Morgan fingerprint density at radius 1 is 1.35 bits per heavy atom. The number of carbonyl (C=O) groups is 1. The molecular formula is C15H15ClFNO2. The summed E-state index contributed by atoms with van der Waals surface area (Å²) in [5.74, 6) is -0.276. The van der Waals surface area contributed by atoms with Crippen LogP contribution in [-0.4, -0.2) is 17.0 Å². The Morgan fingerprint density at radius 2 is 2.05 bits per heavy atom. The highest BCUT2D eigenvalue weighted by Gasteiger charge is 2.15. The van der Waals surface area contributed by atoms with Crippen LogP contribution < -0.4 is 4.74 Å². The number of benzene rings is 1. The van der Waals surface area contributed by atoms with Crippen molar-refractivity contribution in [2.75, 3.05) is 6.61 Å². The van der Waals surface area contributed by atoms with E-state index in [1.165, 1.54) is 12.1 Å². The first-order chi connectivity index (χ1) is 9.40. The highest BCUT2D eigenvalue weighted by molar-refractivity contribution is 6.32. The van der Waals surface area contributed by atoms with E-state index in [-0.39, 0.29) is 17.4 Å². The molecule has 1 heterocycles. The first-order valence-corrected chi connectivity index (χ1v) is 6.52. The standard InChI is InChI=1S/C15H15ClFNO2/c1-9-6-12(10(2)18(9)3)14(19)8-20-15-5-4-11(17)7-13(15)16/h4-7H,8H2,1-3H3. The van der Waals surface area contributed by atoms with Crippen LogP contribution >= 0.6 is 11.6 Å². The zero-order valence-corrected chi connectivity index (χ0v) is 12.3. The van der Waals surface area contributed by atoms with E-state index in [9.17, 15) is 9.18 Å². The van der Waals surface area contributed by atoms with Crippen LogP contribution in [0.1, 0.15) is 21.7 Å². The number of halogens is 2. The van der Waals surface area contributed by atoms with Gasteiger partial charge in [0.15, 0.2) is 6.61 Å². The van der Waals surface area contributed by atoms with E-state index in [2.05, 4.69) is 0 Å². The van der Waals surface area contributed by atoms with E-state index >= 15 is 0 Å². The molecular weight excluding hydrogens is 281 g/mol. The molecule has 0 saturated carbocycles. The van der Waals surface area contributed by atoms with Crippen LogP contribution in [-0.2, 0) is 7.05 Å². The minimum atomic E-state index is -0.441. The largest absolute Gasteiger partial charge is 0.484 e. The van der Waals surface area contributed by atoms with Gasteiger partial charge in [-0.1, -0.05) is 11.6 Å². The molecule has 106 valence electrons.